The van der Waals surface area contributed by atoms with Gasteiger partial charge in [0.05, 0.1) is 23.0 Å². The van der Waals surface area contributed by atoms with Crippen LogP contribution in [0.5, 0.6) is 0 Å². The van der Waals surface area contributed by atoms with Gasteiger partial charge in [-0.15, -0.1) is 10.2 Å². The van der Waals surface area contributed by atoms with Crippen LogP contribution in [0.25, 0.3) is 16.9 Å². The third-order valence-corrected chi connectivity index (χ3v) is 6.37. The number of hydrogen-bond donors (Lipinski definition) is 0. The third kappa shape index (κ3) is 4.23. The van der Waals surface area contributed by atoms with Gasteiger partial charge in [-0.25, -0.2) is 13.2 Å². The minimum absolute atomic E-state index is 0.0639. The van der Waals surface area contributed by atoms with Crippen molar-refractivity contribution in [2.45, 2.75) is 25.6 Å². The lowest BCUT2D eigenvalue weighted by atomic mass is 9.94. The summed E-state index contributed by atoms with van der Waals surface area (Å²) in [6, 6.07) is 4.06. The van der Waals surface area contributed by atoms with Crippen LogP contribution in [-0.4, -0.2) is 41.9 Å². The van der Waals surface area contributed by atoms with Crippen LogP contribution in [0.1, 0.15) is 40.1 Å². The van der Waals surface area contributed by atoms with E-state index in [9.17, 15) is 31.1 Å². The Morgan fingerprint density at radius 1 is 1.00 bits per heavy atom. The Bertz CT molecular complexity index is 1490. The molecule has 37 heavy (non-hydrogen) atoms. The topological polar surface area (TPSA) is 68.8 Å². The second kappa shape index (κ2) is 8.75. The van der Waals surface area contributed by atoms with Crippen LogP contribution in [0.4, 0.5) is 26.3 Å². The molecule has 3 heterocycles. The van der Waals surface area contributed by atoms with Crippen LogP contribution in [0.3, 0.4) is 0 Å². The fraction of sp³-hybridized carbons (Fsp3) is 0.250. The van der Waals surface area contributed by atoms with Crippen molar-refractivity contribution in [3.8, 4) is 16.9 Å². The van der Waals surface area contributed by atoms with Crippen LogP contribution < -0.4 is 0 Å². The van der Waals surface area contributed by atoms with Gasteiger partial charge in [0.2, 0.25) is 0 Å². The monoisotopic (exact) mass is 520 g/mol. The summed E-state index contributed by atoms with van der Waals surface area (Å²) in [4.78, 5) is 14.8. The van der Waals surface area contributed by atoms with Gasteiger partial charge in [0.25, 0.3) is 5.91 Å². The molecule has 0 bridgehead atoms. The Labute approximate surface area is 206 Å². The van der Waals surface area contributed by atoms with Crippen molar-refractivity contribution in [3.63, 3.8) is 0 Å². The molecule has 0 saturated carbocycles. The number of alkyl halides is 3. The molecule has 0 unspecified atom stereocenters. The first-order chi connectivity index (χ1) is 17.5. The smallest absolute Gasteiger partial charge is 0.330 e. The summed E-state index contributed by atoms with van der Waals surface area (Å²) < 4.78 is 84.7. The van der Waals surface area contributed by atoms with Crippen LogP contribution in [0.2, 0.25) is 0 Å². The van der Waals surface area contributed by atoms with Crippen molar-refractivity contribution in [3.05, 3.63) is 82.8 Å². The molecule has 1 aliphatic rings. The highest BCUT2D eigenvalue weighted by Crippen LogP contribution is 2.38. The van der Waals surface area contributed by atoms with Gasteiger partial charge in [-0.3, -0.25) is 14.0 Å². The van der Waals surface area contributed by atoms with Gasteiger partial charge < -0.3 is 4.90 Å². The van der Waals surface area contributed by atoms with Crippen LogP contribution >= 0.6 is 0 Å². The van der Waals surface area contributed by atoms with Gasteiger partial charge in [0, 0.05) is 36.0 Å². The molecule has 7 nitrogen and oxygen atoms in total. The zero-order valence-corrected chi connectivity index (χ0v) is 19.4. The number of aromatic nitrogens is 5. The maximum absolute atomic E-state index is 13.9. The molecule has 2 aromatic heterocycles. The Morgan fingerprint density at radius 3 is 2.27 bits per heavy atom. The van der Waals surface area contributed by atoms with E-state index in [1.165, 1.54) is 32.9 Å². The molecule has 5 rings (SSSR count). The van der Waals surface area contributed by atoms with Crippen molar-refractivity contribution >= 4 is 5.91 Å². The van der Waals surface area contributed by atoms with Crippen molar-refractivity contribution in [2.75, 3.05) is 6.54 Å². The number of nitrogens with zero attached hydrogens (tertiary/aromatic N) is 6. The summed E-state index contributed by atoms with van der Waals surface area (Å²) in [6.07, 6.45) is -2.05. The lowest BCUT2D eigenvalue weighted by Gasteiger charge is -2.33. The molecular weight excluding hydrogens is 502 g/mol. The first kappa shape index (κ1) is 24.5. The summed E-state index contributed by atoms with van der Waals surface area (Å²) in [6.45, 7) is 1.77. The molecule has 0 aliphatic carbocycles. The molecule has 4 aromatic rings. The number of halogens is 6. The molecule has 192 valence electrons. The fourth-order valence-corrected chi connectivity index (χ4v) is 4.62. The number of carbonyl (C=O) groups excluding carboxylic acids is 1. The summed E-state index contributed by atoms with van der Waals surface area (Å²) in [5, 5.41) is 11.6. The number of carbonyl (C=O) groups is 1. The number of fused-ring (bicyclic) bond motifs is 1. The van der Waals surface area contributed by atoms with Gasteiger partial charge in [0.1, 0.15) is 12.7 Å². The van der Waals surface area contributed by atoms with E-state index >= 15 is 0 Å². The van der Waals surface area contributed by atoms with E-state index in [4.69, 9.17) is 0 Å². The van der Waals surface area contributed by atoms with E-state index in [1.54, 1.807) is 14.0 Å². The Morgan fingerprint density at radius 2 is 1.65 bits per heavy atom. The minimum Gasteiger partial charge on any atom is -0.330 e. The van der Waals surface area contributed by atoms with Gasteiger partial charge in [0.15, 0.2) is 17.5 Å². The summed E-state index contributed by atoms with van der Waals surface area (Å²) in [5.41, 5.74) is 0.346. The van der Waals surface area contributed by atoms with E-state index in [2.05, 4.69) is 15.3 Å². The lowest BCUT2D eigenvalue weighted by molar-refractivity contribution is -0.137. The van der Waals surface area contributed by atoms with E-state index in [0.29, 0.717) is 17.0 Å². The first-order valence-electron chi connectivity index (χ1n) is 11.0. The lowest BCUT2D eigenvalue weighted by Crippen LogP contribution is -2.39. The summed E-state index contributed by atoms with van der Waals surface area (Å²) in [7, 11) is 1.55. The Kier molecular flexibility index (Phi) is 5.80. The molecule has 0 fully saturated rings. The molecule has 0 N–H and O–H groups in total. The summed E-state index contributed by atoms with van der Waals surface area (Å²) in [5.74, 6) is -4.93. The predicted octanol–water partition coefficient (Wildman–Crippen LogP) is 4.86. The van der Waals surface area contributed by atoms with Crippen molar-refractivity contribution < 1.29 is 31.1 Å². The highest BCUT2D eigenvalue weighted by Gasteiger charge is 2.36. The zero-order valence-electron chi connectivity index (χ0n) is 19.4. The van der Waals surface area contributed by atoms with Gasteiger partial charge >= 0.3 is 6.18 Å². The van der Waals surface area contributed by atoms with Gasteiger partial charge in [-0.05, 0) is 43.7 Å². The Balaban J connectivity index is 1.52. The summed E-state index contributed by atoms with van der Waals surface area (Å²) >= 11 is 0. The largest absolute Gasteiger partial charge is 0.416 e. The molecular formula is C24H18F6N6O. The minimum atomic E-state index is -4.70. The van der Waals surface area contributed by atoms with Crippen LogP contribution in [-0.2, 0) is 19.6 Å². The molecule has 0 saturated heterocycles. The van der Waals surface area contributed by atoms with E-state index in [-0.39, 0.29) is 29.8 Å². The molecule has 1 amide bonds. The standard InChI is InChI=1S/C24H18F6N6O/c1-12-21-17(22(34(2)33-21)13-7-18(25)20(27)19(26)8-13)3-4-36(12)23(37)14-5-15(24(28,29)30)9-16(6-14)35-10-31-32-11-35/h5-12H,3-4H2,1-2H3/t12-/m0/s1. The third-order valence-electron chi connectivity index (χ3n) is 6.37. The Hall–Kier alpha value is -4.16. The van der Waals surface area contributed by atoms with Gasteiger partial charge in [-0.2, -0.15) is 18.3 Å². The highest BCUT2D eigenvalue weighted by molar-refractivity contribution is 5.95. The van der Waals surface area contributed by atoms with E-state index in [1.807, 2.05) is 0 Å². The number of benzene rings is 2. The van der Waals surface area contributed by atoms with E-state index < -0.39 is 41.1 Å². The van der Waals surface area contributed by atoms with Crippen LogP contribution in [0, 0.1) is 17.5 Å². The second-order valence-corrected chi connectivity index (χ2v) is 8.65. The molecule has 0 spiro atoms. The molecule has 1 aliphatic heterocycles. The quantitative estimate of drug-likeness (QED) is 0.286. The highest BCUT2D eigenvalue weighted by atomic mass is 19.4. The number of aryl methyl sites for hydroxylation is 1. The molecule has 1 atom stereocenters. The van der Waals surface area contributed by atoms with Crippen molar-refractivity contribution in [1.82, 2.24) is 29.4 Å². The number of rotatable bonds is 3. The normalized spacial score (nSPS) is 15.7. The van der Waals surface area contributed by atoms with E-state index in [0.717, 1.165) is 24.3 Å². The molecule has 0 radical (unpaired) electrons. The van der Waals surface area contributed by atoms with Gasteiger partial charge in [-0.1, -0.05) is 0 Å². The first-order valence-corrected chi connectivity index (χ1v) is 11.0. The average Bonchev–Trinajstić information content (AvgIpc) is 3.49. The second-order valence-electron chi connectivity index (χ2n) is 8.65. The predicted molar refractivity (Wildman–Crippen MR) is 118 cm³/mol. The SMILES string of the molecule is C[C@H]1c2nn(C)c(-c3cc(F)c(F)c(F)c3)c2CCN1C(=O)c1cc(-n2cnnc2)cc(C(F)(F)F)c1. The maximum atomic E-state index is 13.9. The van der Waals surface area contributed by atoms with Crippen molar-refractivity contribution in [2.24, 2.45) is 7.05 Å². The molecule has 13 heteroatoms. The average molecular weight is 520 g/mol. The number of amides is 1. The van der Waals surface area contributed by atoms with Crippen LogP contribution in [0.15, 0.2) is 43.0 Å². The fourth-order valence-electron chi connectivity index (χ4n) is 4.62. The zero-order chi connectivity index (χ0) is 26.6. The van der Waals surface area contributed by atoms with Crippen molar-refractivity contribution in [1.29, 1.82) is 0 Å². The number of hydrogen-bond acceptors (Lipinski definition) is 4. The maximum Gasteiger partial charge on any atom is 0.416 e. The molecule has 2 aromatic carbocycles.